The van der Waals surface area contributed by atoms with Gasteiger partial charge >= 0.3 is 0 Å². The molecule has 23 heavy (non-hydrogen) atoms. The maximum absolute atomic E-state index is 13.6. The molecule has 1 saturated carbocycles. The molecular formula is C17H24F2N2O2. The summed E-state index contributed by atoms with van der Waals surface area (Å²) in [5.41, 5.74) is -0.721. The van der Waals surface area contributed by atoms with Crippen molar-refractivity contribution in [1.82, 2.24) is 10.6 Å². The van der Waals surface area contributed by atoms with E-state index in [1.54, 1.807) is 13.8 Å². The Morgan fingerprint density at radius 2 is 1.91 bits per heavy atom. The molecule has 1 amide bonds. The third kappa shape index (κ3) is 4.72. The minimum atomic E-state index is -0.908. The number of aliphatic hydroxyl groups is 1. The fourth-order valence-corrected chi connectivity index (χ4v) is 2.67. The van der Waals surface area contributed by atoms with Gasteiger partial charge in [-0.15, -0.1) is 0 Å². The molecule has 0 aromatic heterocycles. The average Bonchev–Trinajstić information content (AvgIpc) is 2.51. The van der Waals surface area contributed by atoms with Crippen LogP contribution in [0.4, 0.5) is 8.78 Å². The molecule has 0 bridgehead atoms. The normalized spacial score (nSPS) is 22.0. The van der Waals surface area contributed by atoms with Gasteiger partial charge in [-0.3, -0.25) is 10.1 Å². The van der Waals surface area contributed by atoms with E-state index in [2.05, 4.69) is 10.6 Å². The van der Waals surface area contributed by atoms with Crippen LogP contribution in [-0.2, 0) is 11.3 Å². The molecule has 0 saturated heterocycles. The Hall–Kier alpha value is -1.53. The molecule has 0 radical (unpaired) electrons. The van der Waals surface area contributed by atoms with Crippen LogP contribution in [0.15, 0.2) is 18.2 Å². The van der Waals surface area contributed by atoms with Crippen molar-refractivity contribution >= 4 is 5.91 Å². The van der Waals surface area contributed by atoms with Crippen LogP contribution in [0.2, 0.25) is 0 Å². The van der Waals surface area contributed by atoms with Crippen LogP contribution < -0.4 is 10.6 Å². The lowest BCUT2D eigenvalue weighted by Crippen LogP contribution is -2.55. The lowest BCUT2D eigenvalue weighted by Gasteiger charge is -2.31. The van der Waals surface area contributed by atoms with E-state index in [1.807, 2.05) is 0 Å². The summed E-state index contributed by atoms with van der Waals surface area (Å²) in [7, 11) is 0. The number of rotatable bonds is 5. The number of amides is 1. The Morgan fingerprint density at radius 3 is 2.57 bits per heavy atom. The molecule has 1 aromatic rings. The van der Waals surface area contributed by atoms with Crippen molar-refractivity contribution in [2.24, 2.45) is 0 Å². The molecule has 1 aliphatic carbocycles. The maximum atomic E-state index is 13.6. The quantitative estimate of drug-likeness (QED) is 0.778. The van der Waals surface area contributed by atoms with E-state index in [9.17, 15) is 18.7 Å². The highest BCUT2D eigenvalue weighted by Gasteiger charge is 2.30. The molecule has 2 rings (SSSR count). The van der Waals surface area contributed by atoms with Gasteiger partial charge in [-0.25, -0.2) is 8.78 Å². The van der Waals surface area contributed by atoms with Crippen LogP contribution in [-0.4, -0.2) is 28.7 Å². The largest absolute Gasteiger partial charge is 0.393 e. The van der Waals surface area contributed by atoms with Crippen molar-refractivity contribution in [2.75, 3.05) is 0 Å². The summed E-state index contributed by atoms with van der Waals surface area (Å²) in [6, 6.07) is 4.05. The summed E-state index contributed by atoms with van der Waals surface area (Å²) in [5, 5.41) is 15.4. The fourth-order valence-electron chi connectivity index (χ4n) is 2.67. The molecule has 6 heteroatoms. The molecule has 0 unspecified atom stereocenters. The van der Waals surface area contributed by atoms with Gasteiger partial charge in [0.25, 0.3) is 0 Å². The monoisotopic (exact) mass is 326 g/mol. The zero-order valence-corrected chi connectivity index (χ0v) is 13.5. The van der Waals surface area contributed by atoms with Gasteiger partial charge in [-0.2, -0.15) is 0 Å². The van der Waals surface area contributed by atoms with Gasteiger partial charge in [0.15, 0.2) is 11.6 Å². The lowest BCUT2D eigenvalue weighted by atomic mass is 9.92. The van der Waals surface area contributed by atoms with Crippen LogP contribution in [0.1, 0.15) is 45.1 Å². The predicted molar refractivity (Wildman–Crippen MR) is 83.7 cm³/mol. The Morgan fingerprint density at radius 1 is 1.26 bits per heavy atom. The van der Waals surface area contributed by atoms with Crippen LogP contribution in [0.3, 0.4) is 0 Å². The second-order valence-electron chi connectivity index (χ2n) is 6.67. The minimum absolute atomic E-state index is 0.0536. The summed E-state index contributed by atoms with van der Waals surface area (Å²) in [6.07, 6.45) is 2.61. The van der Waals surface area contributed by atoms with Crippen LogP contribution in [0.25, 0.3) is 0 Å². The molecule has 0 heterocycles. The topological polar surface area (TPSA) is 61.4 Å². The van der Waals surface area contributed by atoms with Crippen molar-refractivity contribution in [1.29, 1.82) is 0 Å². The molecule has 0 spiro atoms. The summed E-state index contributed by atoms with van der Waals surface area (Å²) < 4.78 is 26.8. The number of halogens is 2. The molecule has 4 nitrogen and oxygen atoms in total. The maximum Gasteiger partial charge on any atom is 0.239 e. The molecule has 1 fully saturated rings. The smallest absolute Gasteiger partial charge is 0.239 e. The van der Waals surface area contributed by atoms with E-state index < -0.39 is 17.2 Å². The fraction of sp³-hybridized carbons (Fsp3) is 0.588. The molecule has 128 valence electrons. The van der Waals surface area contributed by atoms with Crippen molar-refractivity contribution in [3.8, 4) is 0 Å². The van der Waals surface area contributed by atoms with Crippen molar-refractivity contribution in [2.45, 2.75) is 63.8 Å². The molecule has 1 aromatic carbocycles. The van der Waals surface area contributed by atoms with Gasteiger partial charge in [-0.05, 0) is 45.6 Å². The number of nitrogens with one attached hydrogen (secondary N) is 2. The molecular weight excluding hydrogens is 302 g/mol. The average molecular weight is 326 g/mol. The second-order valence-corrected chi connectivity index (χ2v) is 6.67. The van der Waals surface area contributed by atoms with Crippen LogP contribution in [0, 0.1) is 11.6 Å². The second kappa shape index (κ2) is 7.36. The standard InChI is InChI=1S/C17H24F2N2O2/c1-17(2,16(23)21-12-6-8-13(22)9-7-12)20-10-11-4-3-5-14(18)15(11)19/h3-5,12-13,20,22H,6-10H2,1-2H3,(H,21,23). The Kier molecular flexibility index (Phi) is 5.70. The number of benzene rings is 1. The summed E-state index contributed by atoms with van der Waals surface area (Å²) in [6.45, 7) is 3.47. The van der Waals surface area contributed by atoms with Crippen molar-refractivity contribution < 1.29 is 18.7 Å². The highest BCUT2D eigenvalue weighted by atomic mass is 19.2. The minimum Gasteiger partial charge on any atom is -0.393 e. The summed E-state index contributed by atoms with van der Waals surface area (Å²) in [4.78, 5) is 12.4. The van der Waals surface area contributed by atoms with Gasteiger partial charge in [0.2, 0.25) is 5.91 Å². The van der Waals surface area contributed by atoms with Crippen molar-refractivity contribution in [3.63, 3.8) is 0 Å². The van der Waals surface area contributed by atoms with Crippen LogP contribution in [0.5, 0.6) is 0 Å². The zero-order valence-electron chi connectivity index (χ0n) is 13.5. The SMILES string of the molecule is CC(C)(NCc1cccc(F)c1F)C(=O)NC1CCC(O)CC1. The highest BCUT2D eigenvalue weighted by Crippen LogP contribution is 2.19. The zero-order chi connectivity index (χ0) is 17.0. The van der Waals surface area contributed by atoms with Gasteiger partial charge in [-0.1, -0.05) is 12.1 Å². The number of carbonyl (C=O) groups is 1. The van der Waals surface area contributed by atoms with E-state index in [4.69, 9.17) is 0 Å². The molecule has 0 atom stereocenters. The van der Waals surface area contributed by atoms with Crippen LogP contribution >= 0.6 is 0 Å². The first-order valence-electron chi connectivity index (χ1n) is 7.96. The van der Waals surface area contributed by atoms with Gasteiger partial charge in [0.05, 0.1) is 11.6 Å². The molecule has 1 aliphatic rings. The van der Waals surface area contributed by atoms with Gasteiger partial charge < -0.3 is 10.4 Å². The van der Waals surface area contributed by atoms with E-state index in [0.717, 1.165) is 18.9 Å². The predicted octanol–water partition coefficient (Wildman–Crippen LogP) is 2.25. The summed E-state index contributed by atoms with van der Waals surface area (Å²) >= 11 is 0. The van der Waals surface area contributed by atoms with E-state index in [0.29, 0.717) is 12.8 Å². The Labute approximate surface area is 135 Å². The van der Waals surface area contributed by atoms with E-state index >= 15 is 0 Å². The van der Waals surface area contributed by atoms with Crippen molar-refractivity contribution in [3.05, 3.63) is 35.4 Å². The number of carbonyl (C=O) groups excluding carboxylic acids is 1. The van der Waals surface area contributed by atoms with Gasteiger partial charge in [0.1, 0.15) is 0 Å². The number of hydrogen-bond donors (Lipinski definition) is 3. The Bertz CT molecular complexity index is 556. The first-order chi connectivity index (χ1) is 10.8. The third-order valence-electron chi connectivity index (χ3n) is 4.35. The summed E-state index contributed by atoms with van der Waals surface area (Å²) in [5.74, 6) is -1.97. The van der Waals surface area contributed by atoms with Gasteiger partial charge in [0, 0.05) is 18.2 Å². The molecule has 3 N–H and O–H groups in total. The third-order valence-corrected chi connectivity index (χ3v) is 4.35. The molecule has 0 aliphatic heterocycles. The van der Waals surface area contributed by atoms with E-state index in [1.165, 1.54) is 12.1 Å². The Balaban J connectivity index is 1.90. The van der Waals surface area contributed by atoms with E-state index in [-0.39, 0.29) is 30.2 Å². The highest BCUT2D eigenvalue weighted by molar-refractivity contribution is 5.85. The number of hydrogen-bond acceptors (Lipinski definition) is 3. The first-order valence-corrected chi connectivity index (χ1v) is 7.96. The first kappa shape index (κ1) is 17.8. The lowest BCUT2D eigenvalue weighted by molar-refractivity contribution is -0.127. The number of aliphatic hydroxyl groups excluding tert-OH is 1.